The molecule has 0 saturated heterocycles. The number of hydrogen-bond donors (Lipinski definition) is 1. The number of carbonyl (C=O) groups excluding carboxylic acids is 1. The summed E-state index contributed by atoms with van der Waals surface area (Å²) in [7, 11) is 0. The first kappa shape index (κ1) is 15.7. The molecule has 0 aromatic carbocycles. The second kappa shape index (κ2) is 6.91. The van der Waals surface area contributed by atoms with Gasteiger partial charge in [0.05, 0.1) is 0 Å². The maximum Gasteiger partial charge on any atom is 0.250 e. The van der Waals surface area contributed by atoms with Crippen molar-refractivity contribution in [2.45, 2.75) is 20.0 Å². The highest BCUT2D eigenvalue weighted by Gasteiger charge is 2.05. The molecule has 3 heterocycles. The first-order valence-electron chi connectivity index (χ1n) is 7.51. The van der Waals surface area contributed by atoms with Gasteiger partial charge in [0.2, 0.25) is 5.91 Å². The van der Waals surface area contributed by atoms with Crippen molar-refractivity contribution in [1.82, 2.24) is 24.4 Å². The lowest BCUT2D eigenvalue weighted by Crippen LogP contribution is -2.31. The van der Waals surface area contributed by atoms with Crippen molar-refractivity contribution in [3.63, 3.8) is 0 Å². The van der Waals surface area contributed by atoms with Gasteiger partial charge in [0.1, 0.15) is 18.2 Å². The Kier molecular flexibility index (Phi) is 4.51. The van der Waals surface area contributed by atoms with Crippen LogP contribution in [0, 0.1) is 6.92 Å². The molecule has 0 aliphatic heterocycles. The van der Waals surface area contributed by atoms with Gasteiger partial charge < -0.3 is 9.88 Å². The largest absolute Gasteiger partial charge is 0.350 e. The van der Waals surface area contributed by atoms with Gasteiger partial charge in [-0.3, -0.25) is 14.2 Å². The van der Waals surface area contributed by atoms with Crippen molar-refractivity contribution in [2.24, 2.45) is 0 Å². The standard InChI is InChI=1S/C17H17N5O2/c1-13-18-7-9-22(13)15-6-5-14(10-19-15)11-20-16(23)12-21-8-3-2-4-17(21)24/h2-10H,11-12H2,1H3,(H,20,23). The maximum atomic E-state index is 11.9. The molecule has 0 saturated carbocycles. The summed E-state index contributed by atoms with van der Waals surface area (Å²) >= 11 is 0. The highest BCUT2D eigenvalue weighted by atomic mass is 16.2. The summed E-state index contributed by atoms with van der Waals surface area (Å²) in [5.41, 5.74) is 0.680. The third-order valence-electron chi connectivity index (χ3n) is 3.58. The Labute approximate surface area is 138 Å². The van der Waals surface area contributed by atoms with Crippen molar-refractivity contribution in [3.05, 3.63) is 76.9 Å². The van der Waals surface area contributed by atoms with Gasteiger partial charge in [0.25, 0.3) is 5.56 Å². The summed E-state index contributed by atoms with van der Waals surface area (Å²) in [6.45, 7) is 2.26. The molecular weight excluding hydrogens is 306 g/mol. The molecule has 0 aliphatic rings. The van der Waals surface area contributed by atoms with Crippen molar-refractivity contribution >= 4 is 5.91 Å². The van der Waals surface area contributed by atoms with Gasteiger partial charge in [-0.05, 0) is 24.6 Å². The number of imidazole rings is 1. The van der Waals surface area contributed by atoms with Crippen molar-refractivity contribution in [3.8, 4) is 5.82 Å². The van der Waals surface area contributed by atoms with Crippen molar-refractivity contribution in [1.29, 1.82) is 0 Å². The predicted molar refractivity (Wildman–Crippen MR) is 88.6 cm³/mol. The first-order valence-corrected chi connectivity index (χ1v) is 7.51. The fourth-order valence-electron chi connectivity index (χ4n) is 2.29. The number of pyridine rings is 2. The normalized spacial score (nSPS) is 10.5. The average molecular weight is 323 g/mol. The van der Waals surface area contributed by atoms with Crippen LogP contribution >= 0.6 is 0 Å². The van der Waals surface area contributed by atoms with Crippen molar-refractivity contribution in [2.75, 3.05) is 0 Å². The van der Waals surface area contributed by atoms with Crippen molar-refractivity contribution < 1.29 is 4.79 Å². The van der Waals surface area contributed by atoms with Crippen LogP contribution in [-0.4, -0.2) is 25.0 Å². The third-order valence-corrected chi connectivity index (χ3v) is 3.58. The number of hydrogen-bond acceptors (Lipinski definition) is 4. The minimum atomic E-state index is -0.224. The number of nitrogens with one attached hydrogen (secondary N) is 1. The van der Waals surface area contributed by atoms with Gasteiger partial charge in [-0.1, -0.05) is 12.1 Å². The lowest BCUT2D eigenvalue weighted by molar-refractivity contribution is -0.121. The van der Waals surface area contributed by atoms with Gasteiger partial charge in [-0.2, -0.15) is 0 Å². The van der Waals surface area contributed by atoms with Gasteiger partial charge in [-0.15, -0.1) is 0 Å². The van der Waals surface area contributed by atoms with Crippen LogP contribution in [0.15, 0.2) is 59.9 Å². The van der Waals surface area contributed by atoms with E-state index >= 15 is 0 Å². The Bertz CT molecular complexity index is 896. The molecule has 0 radical (unpaired) electrons. The molecule has 0 unspecified atom stereocenters. The summed E-state index contributed by atoms with van der Waals surface area (Å²) in [5.74, 6) is 1.41. The van der Waals surface area contributed by atoms with E-state index in [0.29, 0.717) is 6.54 Å². The monoisotopic (exact) mass is 323 g/mol. The molecule has 1 N–H and O–H groups in total. The number of rotatable bonds is 5. The smallest absolute Gasteiger partial charge is 0.250 e. The van der Waals surface area contributed by atoms with E-state index in [1.54, 1.807) is 30.7 Å². The lowest BCUT2D eigenvalue weighted by atomic mass is 10.3. The zero-order chi connectivity index (χ0) is 16.9. The number of aromatic nitrogens is 4. The van der Waals surface area contributed by atoms with Gasteiger partial charge in [-0.25, -0.2) is 9.97 Å². The van der Waals surface area contributed by atoms with E-state index in [2.05, 4.69) is 15.3 Å². The predicted octanol–water partition coefficient (Wildman–Crippen LogP) is 1.05. The molecule has 0 spiro atoms. The SMILES string of the molecule is Cc1nccn1-c1ccc(CNC(=O)Cn2ccccc2=O)cn1. The summed E-state index contributed by atoms with van der Waals surface area (Å²) in [5, 5.41) is 2.78. The zero-order valence-electron chi connectivity index (χ0n) is 13.2. The average Bonchev–Trinajstić information content (AvgIpc) is 3.02. The Balaban J connectivity index is 1.59. The molecular formula is C17H17N5O2. The molecule has 0 fully saturated rings. The van der Waals surface area contributed by atoms with Crippen LogP contribution in [0.3, 0.4) is 0 Å². The van der Waals surface area contributed by atoms with E-state index in [0.717, 1.165) is 17.2 Å². The molecule has 3 rings (SSSR count). The molecule has 0 atom stereocenters. The molecule has 7 heteroatoms. The van der Waals surface area contributed by atoms with E-state index in [4.69, 9.17) is 0 Å². The minimum absolute atomic E-state index is 0.000579. The Hall–Kier alpha value is -3.22. The number of nitrogens with zero attached hydrogens (tertiary/aromatic N) is 4. The summed E-state index contributed by atoms with van der Waals surface area (Å²) in [4.78, 5) is 32.0. The number of aryl methyl sites for hydroxylation is 1. The van der Waals surface area contributed by atoms with Gasteiger partial charge >= 0.3 is 0 Å². The zero-order valence-corrected chi connectivity index (χ0v) is 13.2. The lowest BCUT2D eigenvalue weighted by Gasteiger charge is -2.08. The number of carbonyl (C=O) groups is 1. The summed E-state index contributed by atoms with van der Waals surface area (Å²) in [6, 6.07) is 8.56. The van der Waals surface area contributed by atoms with Crippen LogP contribution in [0.2, 0.25) is 0 Å². The molecule has 122 valence electrons. The van der Waals surface area contributed by atoms with Gasteiger partial charge in [0, 0.05) is 37.4 Å². The second-order valence-corrected chi connectivity index (χ2v) is 5.31. The third kappa shape index (κ3) is 3.57. The van der Waals surface area contributed by atoms with E-state index < -0.39 is 0 Å². The highest BCUT2D eigenvalue weighted by Crippen LogP contribution is 2.08. The van der Waals surface area contributed by atoms with Crippen LogP contribution in [0.5, 0.6) is 0 Å². The summed E-state index contributed by atoms with van der Waals surface area (Å²) < 4.78 is 3.24. The Morgan fingerprint density at radius 3 is 2.71 bits per heavy atom. The van der Waals surface area contributed by atoms with E-state index in [1.807, 2.05) is 29.8 Å². The molecule has 7 nitrogen and oxygen atoms in total. The fraction of sp³-hybridized carbons (Fsp3) is 0.176. The van der Waals surface area contributed by atoms with Crippen LogP contribution < -0.4 is 10.9 Å². The first-order chi connectivity index (χ1) is 11.6. The topological polar surface area (TPSA) is 81.8 Å². The minimum Gasteiger partial charge on any atom is -0.350 e. The molecule has 0 bridgehead atoms. The van der Waals surface area contributed by atoms with Crippen LogP contribution in [-0.2, 0) is 17.9 Å². The van der Waals surface area contributed by atoms with Crippen LogP contribution in [0.4, 0.5) is 0 Å². The van der Waals surface area contributed by atoms with Crippen LogP contribution in [0.1, 0.15) is 11.4 Å². The fourth-order valence-corrected chi connectivity index (χ4v) is 2.29. The second-order valence-electron chi connectivity index (χ2n) is 5.31. The molecule has 24 heavy (non-hydrogen) atoms. The Morgan fingerprint density at radius 1 is 1.17 bits per heavy atom. The van der Waals surface area contributed by atoms with E-state index in [1.165, 1.54) is 10.6 Å². The molecule has 0 aliphatic carbocycles. The van der Waals surface area contributed by atoms with Gasteiger partial charge in [0.15, 0.2) is 0 Å². The maximum absolute atomic E-state index is 11.9. The Morgan fingerprint density at radius 2 is 2.04 bits per heavy atom. The quantitative estimate of drug-likeness (QED) is 0.761. The molecule has 1 amide bonds. The van der Waals surface area contributed by atoms with E-state index in [9.17, 15) is 9.59 Å². The molecule has 3 aromatic rings. The van der Waals surface area contributed by atoms with Crippen LogP contribution in [0.25, 0.3) is 5.82 Å². The van der Waals surface area contributed by atoms with E-state index in [-0.39, 0.29) is 18.0 Å². The number of amides is 1. The molecule has 3 aromatic heterocycles. The highest BCUT2D eigenvalue weighted by molar-refractivity contribution is 5.75. The summed E-state index contributed by atoms with van der Waals surface area (Å²) in [6.07, 6.45) is 6.86.